The van der Waals surface area contributed by atoms with E-state index in [-0.39, 0.29) is 0 Å². The van der Waals surface area contributed by atoms with E-state index in [1.54, 1.807) is 23.9 Å². The van der Waals surface area contributed by atoms with E-state index in [9.17, 15) is 4.79 Å². The summed E-state index contributed by atoms with van der Waals surface area (Å²) in [5, 5.41) is 9.46. The maximum atomic E-state index is 10.6. The van der Waals surface area contributed by atoms with Crippen molar-refractivity contribution in [1.29, 1.82) is 0 Å². The number of thioether (sulfide) groups is 1. The molecule has 118 valence electrons. The molecule has 0 aliphatic heterocycles. The Bertz CT molecular complexity index is 596. The second-order valence-electron chi connectivity index (χ2n) is 4.78. The molecule has 1 heterocycles. The fraction of sp³-hybridized carbons (Fsp3) is 0.438. The van der Waals surface area contributed by atoms with Crippen LogP contribution in [0.3, 0.4) is 0 Å². The minimum absolute atomic E-state index is 0.588. The zero-order valence-corrected chi connectivity index (χ0v) is 13.8. The highest BCUT2D eigenvalue weighted by Crippen LogP contribution is 2.18. The van der Waals surface area contributed by atoms with E-state index in [2.05, 4.69) is 28.6 Å². The molecular formula is C16H21N3O2S. The Labute approximate surface area is 135 Å². The molecule has 0 unspecified atom stereocenters. The first-order valence-corrected chi connectivity index (χ1v) is 8.50. The number of aromatic nitrogens is 3. The van der Waals surface area contributed by atoms with Crippen LogP contribution in [0.4, 0.5) is 0 Å². The Kier molecular flexibility index (Phi) is 6.45. The largest absolute Gasteiger partial charge is 0.493 e. The summed E-state index contributed by atoms with van der Waals surface area (Å²) in [6.45, 7) is 5.73. The van der Waals surface area contributed by atoms with Gasteiger partial charge >= 0.3 is 0 Å². The number of nitrogens with zero attached hydrogens (tertiary/aromatic N) is 3. The second-order valence-corrected chi connectivity index (χ2v) is 5.84. The summed E-state index contributed by atoms with van der Waals surface area (Å²) >= 11 is 1.65. The Morgan fingerprint density at radius 3 is 2.64 bits per heavy atom. The molecule has 6 heteroatoms. The lowest BCUT2D eigenvalue weighted by Crippen LogP contribution is -2.05. The van der Waals surface area contributed by atoms with E-state index >= 15 is 0 Å². The first kappa shape index (κ1) is 16.5. The van der Waals surface area contributed by atoms with Crippen molar-refractivity contribution in [2.45, 2.75) is 38.4 Å². The number of ether oxygens (including phenoxy) is 1. The summed E-state index contributed by atoms with van der Waals surface area (Å²) in [7, 11) is 0. The number of carbonyl (C=O) groups is 1. The minimum Gasteiger partial charge on any atom is -0.493 e. The Balaban J connectivity index is 1.82. The lowest BCUT2D eigenvalue weighted by Gasteiger charge is -2.08. The van der Waals surface area contributed by atoms with Crippen molar-refractivity contribution in [2.75, 3.05) is 12.4 Å². The number of aryl methyl sites for hydroxylation is 1. The highest BCUT2D eigenvalue weighted by molar-refractivity contribution is 7.99. The molecule has 1 aromatic carbocycles. The molecule has 0 atom stereocenters. The first-order valence-electron chi connectivity index (χ1n) is 7.51. The molecule has 22 heavy (non-hydrogen) atoms. The van der Waals surface area contributed by atoms with Crippen LogP contribution in [-0.4, -0.2) is 33.4 Å². The lowest BCUT2D eigenvalue weighted by atomic mass is 10.2. The summed E-state index contributed by atoms with van der Waals surface area (Å²) in [6.07, 6.45) is 2.86. The Morgan fingerprint density at radius 1 is 1.23 bits per heavy atom. The van der Waals surface area contributed by atoms with Crippen molar-refractivity contribution in [1.82, 2.24) is 14.8 Å². The smallest absolute Gasteiger partial charge is 0.191 e. The van der Waals surface area contributed by atoms with Crippen LogP contribution in [0.5, 0.6) is 5.75 Å². The standard InChI is InChI=1S/C16H21N3O2S/c1-3-5-15-17-18-16(19(15)4-2)22-11-10-21-14-8-6-13(12-20)7-9-14/h6-9,12H,3-5,10-11H2,1-2H3. The molecular weight excluding hydrogens is 298 g/mol. The molecule has 0 aliphatic carbocycles. The quantitative estimate of drug-likeness (QED) is 0.403. The predicted octanol–water partition coefficient (Wildman–Crippen LogP) is 3.23. The van der Waals surface area contributed by atoms with E-state index in [0.29, 0.717) is 12.2 Å². The lowest BCUT2D eigenvalue weighted by molar-refractivity contribution is 0.112. The molecule has 0 amide bonds. The topological polar surface area (TPSA) is 57.0 Å². The Hall–Kier alpha value is -1.82. The molecule has 5 nitrogen and oxygen atoms in total. The Morgan fingerprint density at radius 2 is 2.00 bits per heavy atom. The van der Waals surface area contributed by atoms with Gasteiger partial charge in [-0.1, -0.05) is 18.7 Å². The molecule has 0 fully saturated rings. The van der Waals surface area contributed by atoms with Crippen LogP contribution < -0.4 is 4.74 Å². The molecule has 0 saturated carbocycles. The third-order valence-electron chi connectivity index (χ3n) is 3.18. The SMILES string of the molecule is CCCc1nnc(SCCOc2ccc(C=O)cc2)n1CC. The molecule has 2 aromatic rings. The van der Waals surface area contributed by atoms with Crippen LogP contribution in [0.1, 0.15) is 36.5 Å². The van der Waals surface area contributed by atoms with Gasteiger partial charge in [-0.15, -0.1) is 10.2 Å². The molecule has 0 spiro atoms. The van der Waals surface area contributed by atoms with Gasteiger partial charge in [-0.05, 0) is 37.6 Å². The fourth-order valence-corrected chi connectivity index (χ4v) is 2.93. The summed E-state index contributed by atoms with van der Waals surface area (Å²) in [5.41, 5.74) is 0.654. The van der Waals surface area contributed by atoms with Crippen LogP contribution in [0, 0.1) is 0 Å². The van der Waals surface area contributed by atoms with E-state index in [4.69, 9.17) is 4.74 Å². The van der Waals surface area contributed by atoms with E-state index in [1.165, 1.54) is 0 Å². The van der Waals surface area contributed by atoms with Gasteiger partial charge in [-0.3, -0.25) is 4.79 Å². The van der Waals surface area contributed by atoms with Crippen LogP contribution in [0.25, 0.3) is 0 Å². The van der Waals surface area contributed by atoms with Crippen molar-refractivity contribution in [2.24, 2.45) is 0 Å². The summed E-state index contributed by atoms with van der Waals surface area (Å²) in [5.74, 6) is 2.63. The third-order valence-corrected chi connectivity index (χ3v) is 4.11. The number of aldehydes is 1. The maximum Gasteiger partial charge on any atom is 0.191 e. The van der Waals surface area contributed by atoms with Crippen LogP contribution in [0.2, 0.25) is 0 Å². The van der Waals surface area contributed by atoms with Crippen LogP contribution in [-0.2, 0) is 13.0 Å². The van der Waals surface area contributed by atoms with Crippen molar-refractivity contribution in [3.63, 3.8) is 0 Å². The number of rotatable bonds is 9. The van der Waals surface area contributed by atoms with Crippen molar-refractivity contribution in [3.8, 4) is 5.75 Å². The molecule has 0 saturated heterocycles. The highest BCUT2D eigenvalue weighted by Gasteiger charge is 2.10. The number of benzene rings is 1. The van der Waals surface area contributed by atoms with Gasteiger partial charge in [0.05, 0.1) is 6.61 Å². The maximum absolute atomic E-state index is 10.6. The molecule has 1 aromatic heterocycles. The van der Waals surface area contributed by atoms with Gasteiger partial charge in [0.2, 0.25) is 0 Å². The van der Waals surface area contributed by atoms with Gasteiger partial charge in [0.15, 0.2) is 5.16 Å². The average Bonchev–Trinajstić information content (AvgIpc) is 2.94. The van der Waals surface area contributed by atoms with Crippen molar-refractivity contribution >= 4 is 18.0 Å². The normalized spacial score (nSPS) is 10.6. The summed E-state index contributed by atoms with van der Waals surface area (Å²) in [6, 6.07) is 7.12. The van der Waals surface area contributed by atoms with Crippen LogP contribution >= 0.6 is 11.8 Å². The zero-order valence-electron chi connectivity index (χ0n) is 13.0. The second kappa shape index (κ2) is 8.58. The summed E-state index contributed by atoms with van der Waals surface area (Å²) < 4.78 is 7.82. The van der Waals surface area contributed by atoms with Gasteiger partial charge in [-0.2, -0.15) is 0 Å². The van der Waals surface area contributed by atoms with Crippen LogP contribution in [0.15, 0.2) is 29.4 Å². The zero-order chi connectivity index (χ0) is 15.8. The van der Waals surface area contributed by atoms with Gasteiger partial charge in [0.1, 0.15) is 17.9 Å². The van der Waals surface area contributed by atoms with Crippen molar-refractivity contribution in [3.05, 3.63) is 35.7 Å². The molecule has 0 N–H and O–H groups in total. The number of hydrogen-bond acceptors (Lipinski definition) is 5. The highest BCUT2D eigenvalue weighted by atomic mass is 32.2. The third kappa shape index (κ3) is 4.34. The number of hydrogen-bond donors (Lipinski definition) is 0. The monoisotopic (exact) mass is 319 g/mol. The van der Waals surface area contributed by atoms with Crippen molar-refractivity contribution < 1.29 is 9.53 Å². The van der Waals surface area contributed by atoms with E-state index in [1.807, 2.05) is 12.1 Å². The first-order chi connectivity index (χ1) is 10.8. The van der Waals surface area contributed by atoms with Gasteiger partial charge in [0.25, 0.3) is 0 Å². The molecule has 0 aliphatic rings. The average molecular weight is 319 g/mol. The van der Waals surface area contributed by atoms with E-state index < -0.39 is 0 Å². The van der Waals surface area contributed by atoms with Gasteiger partial charge < -0.3 is 9.30 Å². The van der Waals surface area contributed by atoms with Gasteiger partial charge in [0, 0.05) is 24.3 Å². The molecule has 2 rings (SSSR count). The number of carbonyl (C=O) groups excluding carboxylic acids is 1. The van der Waals surface area contributed by atoms with Gasteiger partial charge in [-0.25, -0.2) is 0 Å². The predicted molar refractivity (Wildman–Crippen MR) is 87.7 cm³/mol. The van der Waals surface area contributed by atoms with E-state index in [0.717, 1.165) is 48.2 Å². The molecule has 0 radical (unpaired) electrons. The fourth-order valence-electron chi connectivity index (χ4n) is 2.09. The minimum atomic E-state index is 0.588. The molecule has 0 bridgehead atoms. The summed E-state index contributed by atoms with van der Waals surface area (Å²) in [4.78, 5) is 10.6.